The third-order valence-electron chi connectivity index (χ3n) is 3.06. The monoisotopic (exact) mass is 276 g/mol. The van der Waals surface area contributed by atoms with E-state index in [1.54, 1.807) is 24.9 Å². The van der Waals surface area contributed by atoms with E-state index in [9.17, 15) is 4.79 Å². The van der Waals surface area contributed by atoms with Crippen molar-refractivity contribution in [2.75, 3.05) is 5.32 Å². The van der Waals surface area contributed by atoms with Crippen LogP contribution in [0.5, 0.6) is 0 Å². The van der Waals surface area contributed by atoms with E-state index in [0.29, 0.717) is 12.2 Å². The molecule has 0 aliphatic heterocycles. The van der Waals surface area contributed by atoms with Crippen LogP contribution < -0.4 is 10.6 Å². The highest BCUT2D eigenvalue weighted by Crippen LogP contribution is 2.21. The van der Waals surface area contributed by atoms with E-state index in [4.69, 9.17) is 0 Å². The fourth-order valence-corrected chi connectivity index (χ4v) is 1.79. The Morgan fingerprint density at radius 2 is 2.30 bits per heavy atom. The summed E-state index contributed by atoms with van der Waals surface area (Å²) in [4.78, 5) is 16.0. The number of aromatic amines is 1. The second-order valence-electron chi connectivity index (χ2n) is 5.76. The minimum Gasteiger partial charge on any atom is -0.335 e. The van der Waals surface area contributed by atoms with Gasteiger partial charge in [0.05, 0.1) is 24.3 Å². The van der Waals surface area contributed by atoms with Crippen molar-refractivity contribution in [1.82, 2.24) is 25.1 Å². The summed E-state index contributed by atoms with van der Waals surface area (Å²) in [7, 11) is 0. The molecule has 0 saturated heterocycles. The minimum atomic E-state index is -0.244. The number of imidazole rings is 1. The molecule has 0 bridgehead atoms. The van der Waals surface area contributed by atoms with Crippen LogP contribution in [0.15, 0.2) is 31.1 Å². The maximum atomic E-state index is 12.0. The van der Waals surface area contributed by atoms with Gasteiger partial charge in [-0.25, -0.2) is 9.78 Å². The Bertz CT molecular complexity index is 526. The van der Waals surface area contributed by atoms with Crippen LogP contribution in [0.4, 0.5) is 10.5 Å². The molecule has 7 nitrogen and oxygen atoms in total. The summed E-state index contributed by atoms with van der Waals surface area (Å²) in [6.45, 7) is 6.94. The Hall–Kier alpha value is -2.31. The van der Waals surface area contributed by atoms with E-state index in [2.05, 4.69) is 46.6 Å². The van der Waals surface area contributed by atoms with Gasteiger partial charge in [-0.3, -0.25) is 5.10 Å². The second-order valence-corrected chi connectivity index (χ2v) is 5.76. The molecule has 0 aliphatic rings. The van der Waals surface area contributed by atoms with Crippen LogP contribution in [0, 0.1) is 5.41 Å². The number of hydrogen-bond acceptors (Lipinski definition) is 3. The lowest BCUT2D eigenvalue weighted by Gasteiger charge is -2.31. The molecule has 2 amide bonds. The number of urea groups is 1. The number of rotatable bonds is 4. The largest absolute Gasteiger partial charge is 0.335 e. The summed E-state index contributed by atoms with van der Waals surface area (Å²) in [5, 5.41) is 12.2. The van der Waals surface area contributed by atoms with E-state index >= 15 is 0 Å². The van der Waals surface area contributed by atoms with Crippen molar-refractivity contribution in [2.45, 2.75) is 33.4 Å². The lowest BCUT2D eigenvalue weighted by Crippen LogP contribution is -2.47. The summed E-state index contributed by atoms with van der Waals surface area (Å²) >= 11 is 0. The van der Waals surface area contributed by atoms with Crippen LogP contribution in [0.2, 0.25) is 0 Å². The van der Waals surface area contributed by atoms with Crippen LogP contribution in [0.3, 0.4) is 0 Å². The Balaban J connectivity index is 1.98. The zero-order valence-corrected chi connectivity index (χ0v) is 11.9. The summed E-state index contributed by atoms with van der Waals surface area (Å²) in [5.74, 6) is 0. The molecule has 7 heteroatoms. The third-order valence-corrected chi connectivity index (χ3v) is 3.06. The number of nitrogens with one attached hydrogen (secondary N) is 3. The Kier molecular flexibility index (Phi) is 4.07. The van der Waals surface area contributed by atoms with Crippen LogP contribution >= 0.6 is 0 Å². The second kappa shape index (κ2) is 5.77. The van der Waals surface area contributed by atoms with Gasteiger partial charge >= 0.3 is 6.03 Å². The normalized spacial score (nSPS) is 12.9. The van der Waals surface area contributed by atoms with Gasteiger partial charge in [-0.1, -0.05) is 20.8 Å². The molecule has 0 radical (unpaired) electrons. The lowest BCUT2D eigenvalue weighted by atomic mass is 9.86. The molecule has 1 atom stereocenters. The molecule has 2 aromatic rings. The standard InChI is InChI=1S/C13H20N6O/c1-13(2,3)11(8-19-5-4-14-9-19)18-12(20)17-10-6-15-16-7-10/h4-7,9,11H,8H2,1-3H3,(H,15,16)(H2,17,18,20)/t11-/m0/s1. The number of aromatic nitrogens is 4. The van der Waals surface area contributed by atoms with E-state index < -0.39 is 0 Å². The molecule has 3 N–H and O–H groups in total. The van der Waals surface area contributed by atoms with Crippen molar-refractivity contribution in [3.63, 3.8) is 0 Å². The predicted molar refractivity (Wildman–Crippen MR) is 76.2 cm³/mol. The first-order valence-corrected chi connectivity index (χ1v) is 6.47. The van der Waals surface area contributed by atoms with Crippen LogP contribution in [0.1, 0.15) is 20.8 Å². The molecular weight excluding hydrogens is 256 g/mol. The Labute approximate surface area is 117 Å². The van der Waals surface area contributed by atoms with Crippen molar-refractivity contribution in [3.05, 3.63) is 31.1 Å². The van der Waals surface area contributed by atoms with Crippen LogP contribution in [-0.4, -0.2) is 31.8 Å². The van der Waals surface area contributed by atoms with Crippen molar-refractivity contribution in [3.8, 4) is 0 Å². The molecule has 0 fully saturated rings. The van der Waals surface area contributed by atoms with Crippen LogP contribution in [-0.2, 0) is 6.54 Å². The zero-order chi connectivity index (χ0) is 14.6. The Morgan fingerprint density at radius 3 is 2.85 bits per heavy atom. The summed E-state index contributed by atoms with van der Waals surface area (Å²) in [5.41, 5.74) is 0.565. The number of hydrogen-bond donors (Lipinski definition) is 3. The average molecular weight is 276 g/mol. The molecule has 0 unspecified atom stereocenters. The average Bonchev–Trinajstić information content (AvgIpc) is 2.99. The number of H-pyrrole nitrogens is 1. The number of carbonyl (C=O) groups excluding carboxylic acids is 1. The molecule has 0 aliphatic carbocycles. The quantitative estimate of drug-likeness (QED) is 0.796. The van der Waals surface area contributed by atoms with Gasteiger partial charge in [0, 0.05) is 25.1 Å². The number of anilines is 1. The van der Waals surface area contributed by atoms with E-state index in [0.717, 1.165) is 0 Å². The molecule has 0 aromatic carbocycles. The number of amides is 2. The summed E-state index contributed by atoms with van der Waals surface area (Å²) < 4.78 is 1.95. The van der Waals surface area contributed by atoms with Gasteiger partial charge in [0.2, 0.25) is 0 Å². The minimum absolute atomic E-state index is 0.0244. The highest BCUT2D eigenvalue weighted by molar-refractivity contribution is 5.89. The first-order chi connectivity index (χ1) is 9.45. The molecule has 20 heavy (non-hydrogen) atoms. The smallest absolute Gasteiger partial charge is 0.319 e. The number of nitrogens with zero attached hydrogens (tertiary/aromatic N) is 3. The van der Waals surface area contributed by atoms with E-state index in [1.165, 1.54) is 0 Å². The molecule has 0 spiro atoms. The number of carbonyl (C=O) groups is 1. The molecule has 2 aromatic heterocycles. The van der Waals surface area contributed by atoms with Gasteiger partial charge in [-0.05, 0) is 5.41 Å². The van der Waals surface area contributed by atoms with Crippen molar-refractivity contribution >= 4 is 11.7 Å². The molecule has 0 saturated carbocycles. The maximum absolute atomic E-state index is 12.0. The topological polar surface area (TPSA) is 87.6 Å². The maximum Gasteiger partial charge on any atom is 0.319 e. The van der Waals surface area contributed by atoms with Gasteiger partial charge in [0.15, 0.2) is 0 Å². The van der Waals surface area contributed by atoms with Crippen molar-refractivity contribution in [2.24, 2.45) is 5.41 Å². The fraction of sp³-hybridized carbons (Fsp3) is 0.462. The Morgan fingerprint density at radius 1 is 1.50 bits per heavy atom. The van der Waals surface area contributed by atoms with E-state index in [1.807, 2.05) is 10.8 Å². The molecule has 2 rings (SSSR count). The van der Waals surface area contributed by atoms with E-state index in [-0.39, 0.29) is 17.5 Å². The molecule has 108 valence electrons. The van der Waals surface area contributed by atoms with Gasteiger partial charge < -0.3 is 15.2 Å². The highest BCUT2D eigenvalue weighted by atomic mass is 16.2. The molecular formula is C13H20N6O. The van der Waals surface area contributed by atoms with Gasteiger partial charge in [0.25, 0.3) is 0 Å². The van der Waals surface area contributed by atoms with Gasteiger partial charge in [-0.15, -0.1) is 0 Å². The third kappa shape index (κ3) is 3.84. The molecule has 2 heterocycles. The predicted octanol–water partition coefficient (Wildman–Crippen LogP) is 1.84. The fourth-order valence-electron chi connectivity index (χ4n) is 1.79. The van der Waals surface area contributed by atoms with Gasteiger partial charge in [0.1, 0.15) is 0 Å². The SMILES string of the molecule is CC(C)(C)[C@H](Cn1ccnc1)NC(=O)Nc1cn[nH]c1. The van der Waals surface area contributed by atoms with Crippen molar-refractivity contribution in [1.29, 1.82) is 0 Å². The van der Waals surface area contributed by atoms with Crippen molar-refractivity contribution < 1.29 is 4.79 Å². The summed E-state index contributed by atoms with van der Waals surface area (Å²) in [6, 6.07) is -0.268. The van der Waals surface area contributed by atoms with Crippen LogP contribution in [0.25, 0.3) is 0 Å². The highest BCUT2D eigenvalue weighted by Gasteiger charge is 2.26. The summed E-state index contributed by atoms with van der Waals surface area (Å²) in [6.07, 6.45) is 8.54. The first-order valence-electron chi connectivity index (χ1n) is 6.47. The van der Waals surface area contributed by atoms with Gasteiger partial charge in [-0.2, -0.15) is 5.10 Å². The lowest BCUT2D eigenvalue weighted by molar-refractivity contribution is 0.219. The first kappa shape index (κ1) is 14.1. The zero-order valence-electron chi connectivity index (χ0n) is 11.9.